The summed E-state index contributed by atoms with van der Waals surface area (Å²) in [7, 11) is 0. The van der Waals surface area contributed by atoms with Crippen molar-refractivity contribution in [2.45, 2.75) is 24.9 Å². The number of alkyl halides is 3. The van der Waals surface area contributed by atoms with Crippen molar-refractivity contribution in [2.24, 2.45) is 0 Å². The molecule has 0 aliphatic rings. The van der Waals surface area contributed by atoms with Crippen LogP contribution in [0.25, 0.3) is 6.08 Å². The number of benzene rings is 3. The van der Waals surface area contributed by atoms with Crippen molar-refractivity contribution >= 4 is 23.8 Å². The van der Waals surface area contributed by atoms with Gasteiger partial charge in [0.15, 0.2) is 6.61 Å². The normalized spacial score (nSPS) is 11.8. The van der Waals surface area contributed by atoms with E-state index in [0.717, 1.165) is 33.7 Å². The molecule has 0 radical (unpaired) electrons. The standard InChI is InChI=1S/C28H27F3O4S/c1-3-33-27(32)18-35-26-14-13-25(15-20(26)2)36-19-22(16-21-7-5-4-6-8-21)17-34-24-11-9-23(10-12-24)28(29,30)31/h4-16H,3,17-19H2,1-2H3. The molecule has 0 fully saturated rings. The fourth-order valence-electron chi connectivity index (χ4n) is 3.22. The first kappa shape index (κ1) is 27.2. The van der Waals surface area contributed by atoms with Gasteiger partial charge in [0.1, 0.15) is 18.1 Å². The van der Waals surface area contributed by atoms with Gasteiger partial charge in [-0.1, -0.05) is 36.4 Å². The van der Waals surface area contributed by atoms with E-state index < -0.39 is 17.7 Å². The van der Waals surface area contributed by atoms with Crippen LogP contribution in [0.3, 0.4) is 0 Å². The Labute approximate surface area is 213 Å². The van der Waals surface area contributed by atoms with Crippen LogP contribution in [0.15, 0.2) is 83.3 Å². The van der Waals surface area contributed by atoms with Crippen LogP contribution in [0.5, 0.6) is 11.5 Å². The van der Waals surface area contributed by atoms with E-state index in [1.165, 1.54) is 12.1 Å². The van der Waals surface area contributed by atoms with E-state index >= 15 is 0 Å². The summed E-state index contributed by atoms with van der Waals surface area (Å²) in [4.78, 5) is 12.5. The summed E-state index contributed by atoms with van der Waals surface area (Å²) in [6.07, 6.45) is -2.37. The van der Waals surface area contributed by atoms with Crippen molar-refractivity contribution in [2.75, 3.05) is 25.6 Å². The molecular formula is C28H27F3O4S. The van der Waals surface area contributed by atoms with Crippen LogP contribution in [-0.2, 0) is 15.7 Å². The number of hydrogen-bond donors (Lipinski definition) is 0. The highest BCUT2D eigenvalue weighted by molar-refractivity contribution is 7.99. The second-order valence-electron chi connectivity index (χ2n) is 7.83. The summed E-state index contributed by atoms with van der Waals surface area (Å²) in [5.41, 5.74) is 2.14. The molecule has 3 aromatic rings. The Hall–Kier alpha value is -3.39. The van der Waals surface area contributed by atoms with Crippen LogP contribution >= 0.6 is 11.8 Å². The minimum Gasteiger partial charge on any atom is -0.489 e. The number of thioether (sulfide) groups is 1. The van der Waals surface area contributed by atoms with Crippen LogP contribution in [-0.4, -0.2) is 31.5 Å². The van der Waals surface area contributed by atoms with Crippen molar-refractivity contribution in [3.8, 4) is 11.5 Å². The lowest BCUT2D eigenvalue weighted by Crippen LogP contribution is -2.14. The van der Waals surface area contributed by atoms with E-state index in [0.29, 0.717) is 23.9 Å². The second kappa shape index (κ2) is 13.1. The third-order valence-corrected chi connectivity index (χ3v) is 6.10. The average molecular weight is 517 g/mol. The van der Waals surface area contributed by atoms with Gasteiger partial charge in [-0.25, -0.2) is 4.79 Å². The van der Waals surface area contributed by atoms with Gasteiger partial charge in [-0.2, -0.15) is 13.2 Å². The van der Waals surface area contributed by atoms with Gasteiger partial charge >= 0.3 is 12.1 Å². The molecule has 0 saturated heterocycles. The number of hydrogen-bond acceptors (Lipinski definition) is 5. The Kier molecular flexibility index (Phi) is 9.87. The maximum Gasteiger partial charge on any atom is 0.416 e. The Balaban J connectivity index is 1.65. The molecule has 4 nitrogen and oxygen atoms in total. The summed E-state index contributed by atoms with van der Waals surface area (Å²) >= 11 is 1.60. The molecule has 3 aromatic carbocycles. The topological polar surface area (TPSA) is 44.8 Å². The number of carbonyl (C=O) groups excluding carboxylic acids is 1. The fourth-order valence-corrected chi connectivity index (χ4v) is 4.16. The van der Waals surface area contributed by atoms with Crippen molar-refractivity contribution in [1.29, 1.82) is 0 Å². The van der Waals surface area contributed by atoms with Gasteiger partial charge in [0.05, 0.1) is 12.2 Å². The molecule has 36 heavy (non-hydrogen) atoms. The molecule has 0 spiro atoms. The number of rotatable bonds is 11. The van der Waals surface area contributed by atoms with Crippen LogP contribution < -0.4 is 9.47 Å². The molecule has 0 atom stereocenters. The fraction of sp³-hybridized carbons (Fsp3) is 0.250. The van der Waals surface area contributed by atoms with Crippen molar-refractivity contribution < 1.29 is 32.2 Å². The number of halogens is 3. The summed E-state index contributed by atoms with van der Waals surface area (Å²) in [5, 5.41) is 0. The molecule has 0 N–H and O–H groups in total. The van der Waals surface area contributed by atoms with Gasteiger partial charge in [0.2, 0.25) is 0 Å². The highest BCUT2D eigenvalue weighted by Gasteiger charge is 2.30. The number of ether oxygens (including phenoxy) is 3. The molecule has 0 aromatic heterocycles. The van der Waals surface area contributed by atoms with Gasteiger partial charge in [-0.05, 0) is 73.0 Å². The maximum absolute atomic E-state index is 12.8. The summed E-state index contributed by atoms with van der Waals surface area (Å²) in [6, 6.07) is 20.1. The van der Waals surface area contributed by atoms with Crippen molar-refractivity contribution in [3.05, 3.63) is 95.1 Å². The Bertz CT molecular complexity index is 1160. The number of esters is 1. The predicted molar refractivity (Wildman–Crippen MR) is 135 cm³/mol. The molecule has 190 valence electrons. The molecule has 0 amide bonds. The van der Waals surface area contributed by atoms with E-state index in [4.69, 9.17) is 14.2 Å². The maximum atomic E-state index is 12.8. The smallest absolute Gasteiger partial charge is 0.416 e. The summed E-state index contributed by atoms with van der Waals surface area (Å²) in [5.74, 6) is 1.17. The van der Waals surface area contributed by atoms with E-state index in [9.17, 15) is 18.0 Å². The highest BCUT2D eigenvalue weighted by atomic mass is 32.2. The van der Waals surface area contributed by atoms with Crippen LogP contribution in [0.1, 0.15) is 23.6 Å². The molecule has 0 unspecified atom stereocenters. The minimum absolute atomic E-state index is 0.146. The first-order valence-corrected chi connectivity index (χ1v) is 12.3. The van der Waals surface area contributed by atoms with Crippen molar-refractivity contribution in [3.63, 3.8) is 0 Å². The molecule has 8 heteroatoms. The highest BCUT2D eigenvalue weighted by Crippen LogP contribution is 2.31. The third-order valence-electron chi connectivity index (χ3n) is 5.00. The monoisotopic (exact) mass is 516 g/mol. The average Bonchev–Trinajstić information content (AvgIpc) is 2.85. The first-order chi connectivity index (χ1) is 17.2. The third kappa shape index (κ3) is 8.68. The lowest BCUT2D eigenvalue weighted by atomic mass is 10.1. The van der Waals surface area contributed by atoms with Crippen LogP contribution in [0, 0.1) is 6.92 Å². The SMILES string of the molecule is CCOC(=O)COc1ccc(SCC(=Cc2ccccc2)COc2ccc(C(F)(F)F)cc2)cc1C. The quantitative estimate of drug-likeness (QED) is 0.199. The van der Waals surface area contributed by atoms with Gasteiger partial charge in [0.25, 0.3) is 0 Å². The predicted octanol–water partition coefficient (Wildman–Crippen LogP) is 7.21. The molecule has 0 heterocycles. The summed E-state index contributed by atoms with van der Waals surface area (Å²) < 4.78 is 54.7. The lowest BCUT2D eigenvalue weighted by molar-refractivity contribution is -0.145. The van der Waals surface area contributed by atoms with E-state index in [2.05, 4.69) is 0 Å². The van der Waals surface area contributed by atoms with E-state index in [1.807, 2.05) is 61.5 Å². The molecule has 0 aliphatic heterocycles. The zero-order chi connectivity index (χ0) is 26.0. The lowest BCUT2D eigenvalue weighted by Gasteiger charge is -2.13. The zero-order valence-electron chi connectivity index (χ0n) is 20.0. The van der Waals surface area contributed by atoms with Gasteiger partial charge < -0.3 is 14.2 Å². The molecule has 0 bridgehead atoms. The number of aryl methyl sites for hydroxylation is 1. The van der Waals surface area contributed by atoms with Gasteiger partial charge in [0, 0.05) is 10.6 Å². The molecule has 3 rings (SSSR count). The van der Waals surface area contributed by atoms with Crippen molar-refractivity contribution in [1.82, 2.24) is 0 Å². The van der Waals surface area contributed by atoms with E-state index in [1.54, 1.807) is 18.7 Å². The second-order valence-corrected chi connectivity index (χ2v) is 8.88. The Morgan fingerprint density at radius 2 is 1.67 bits per heavy atom. The van der Waals surface area contributed by atoms with Crippen LogP contribution in [0.4, 0.5) is 13.2 Å². The molecule has 0 saturated carbocycles. The zero-order valence-corrected chi connectivity index (χ0v) is 20.8. The van der Waals surface area contributed by atoms with E-state index in [-0.39, 0.29) is 13.2 Å². The molecular weight excluding hydrogens is 489 g/mol. The number of carbonyl (C=O) groups is 1. The first-order valence-electron chi connectivity index (χ1n) is 11.3. The Morgan fingerprint density at radius 3 is 2.31 bits per heavy atom. The molecule has 0 aliphatic carbocycles. The van der Waals surface area contributed by atoms with Crippen LogP contribution in [0.2, 0.25) is 0 Å². The van der Waals surface area contributed by atoms with Gasteiger partial charge in [-0.15, -0.1) is 11.8 Å². The largest absolute Gasteiger partial charge is 0.489 e. The Morgan fingerprint density at radius 1 is 0.944 bits per heavy atom. The summed E-state index contributed by atoms with van der Waals surface area (Å²) in [6.45, 7) is 4.03. The van der Waals surface area contributed by atoms with Gasteiger partial charge in [-0.3, -0.25) is 0 Å². The minimum atomic E-state index is -4.38.